The molecule has 3 nitrogen and oxygen atoms in total. The number of nitrogens with two attached hydrogens (primary N) is 1. The molecular weight excluding hydrogens is 260 g/mol. The van der Waals surface area contributed by atoms with E-state index in [-0.39, 0.29) is 6.04 Å². The smallest absolute Gasteiger partial charge is 0.134 e. The molecule has 2 fully saturated rings. The molecule has 3 atom stereocenters. The Kier molecular flexibility index (Phi) is 3.48. The molecule has 1 aliphatic carbocycles. The van der Waals surface area contributed by atoms with Crippen LogP contribution in [0.3, 0.4) is 0 Å². The van der Waals surface area contributed by atoms with Gasteiger partial charge in [0.15, 0.2) is 0 Å². The molecule has 2 heterocycles. The van der Waals surface area contributed by atoms with E-state index < -0.39 is 0 Å². The summed E-state index contributed by atoms with van der Waals surface area (Å²) in [7, 11) is 0. The van der Waals surface area contributed by atoms with Crippen molar-refractivity contribution in [1.29, 1.82) is 0 Å². The van der Waals surface area contributed by atoms with Crippen LogP contribution >= 0.6 is 0 Å². The molecule has 3 heteroatoms. The van der Waals surface area contributed by atoms with Crippen LogP contribution in [-0.4, -0.2) is 24.0 Å². The summed E-state index contributed by atoms with van der Waals surface area (Å²) in [5.41, 5.74) is 7.38. The number of hydrogen-bond acceptors (Lipinski definition) is 3. The fourth-order valence-corrected chi connectivity index (χ4v) is 4.31. The molecule has 0 amide bonds. The summed E-state index contributed by atoms with van der Waals surface area (Å²) >= 11 is 0. The van der Waals surface area contributed by atoms with Crippen LogP contribution in [0.5, 0.6) is 0 Å². The minimum absolute atomic E-state index is 0.0169. The Bertz CT molecular complexity index is 587. The first-order chi connectivity index (χ1) is 10.3. The van der Waals surface area contributed by atoms with Crippen molar-refractivity contribution in [1.82, 2.24) is 4.90 Å². The van der Waals surface area contributed by atoms with Gasteiger partial charge in [-0.25, -0.2) is 0 Å². The maximum Gasteiger partial charge on any atom is 0.134 e. The van der Waals surface area contributed by atoms with Gasteiger partial charge >= 0.3 is 0 Å². The number of furan rings is 1. The van der Waals surface area contributed by atoms with E-state index in [1.165, 1.54) is 38.6 Å². The van der Waals surface area contributed by atoms with Gasteiger partial charge in [0, 0.05) is 18.0 Å². The van der Waals surface area contributed by atoms with Crippen molar-refractivity contribution in [2.75, 3.05) is 13.1 Å². The second-order valence-corrected chi connectivity index (χ2v) is 6.69. The van der Waals surface area contributed by atoms with Crippen LogP contribution in [0.4, 0.5) is 0 Å². The third-order valence-corrected chi connectivity index (χ3v) is 5.35. The summed E-state index contributed by atoms with van der Waals surface area (Å²) < 4.78 is 5.93. The molecule has 1 saturated heterocycles. The molecule has 1 aliphatic heterocycles. The van der Waals surface area contributed by atoms with Crippen LogP contribution in [0.2, 0.25) is 0 Å². The van der Waals surface area contributed by atoms with Gasteiger partial charge in [0.05, 0.1) is 6.04 Å². The van der Waals surface area contributed by atoms with Gasteiger partial charge in [0.25, 0.3) is 0 Å². The van der Waals surface area contributed by atoms with E-state index in [4.69, 9.17) is 10.2 Å². The SMILES string of the molecule is NC(CN1CCCC2CCCC21)c1cc2ccccc2o1. The average Bonchev–Trinajstić information content (AvgIpc) is 3.14. The topological polar surface area (TPSA) is 42.4 Å². The minimum Gasteiger partial charge on any atom is -0.459 e. The second-order valence-electron chi connectivity index (χ2n) is 6.69. The van der Waals surface area contributed by atoms with Crippen LogP contribution in [-0.2, 0) is 0 Å². The Balaban J connectivity index is 1.50. The van der Waals surface area contributed by atoms with Crippen LogP contribution in [0.25, 0.3) is 11.0 Å². The highest BCUT2D eigenvalue weighted by molar-refractivity contribution is 5.77. The first kappa shape index (κ1) is 13.4. The zero-order valence-corrected chi connectivity index (χ0v) is 12.5. The molecule has 3 unspecified atom stereocenters. The lowest BCUT2D eigenvalue weighted by Gasteiger charge is -2.38. The van der Waals surface area contributed by atoms with Crippen molar-refractivity contribution in [2.45, 2.75) is 44.2 Å². The minimum atomic E-state index is -0.0169. The number of fused-ring (bicyclic) bond motifs is 2. The Morgan fingerprint density at radius 1 is 1.19 bits per heavy atom. The normalized spacial score (nSPS) is 27.9. The predicted molar refractivity (Wildman–Crippen MR) is 85.1 cm³/mol. The summed E-state index contributed by atoms with van der Waals surface area (Å²) in [5, 5.41) is 1.15. The number of benzene rings is 1. The van der Waals surface area contributed by atoms with Gasteiger partial charge in [-0.2, -0.15) is 0 Å². The van der Waals surface area contributed by atoms with Crippen LogP contribution in [0, 0.1) is 5.92 Å². The molecule has 0 spiro atoms. The first-order valence-corrected chi connectivity index (χ1v) is 8.29. The van der Waals surface area contributed by atoms with Crippen LogP contribution in [0.15, 0.2) is 34.7 Å². The average molecular weight is 284 g/mol. The number of nitrogens with zero attached hydrogens (tertiary/aromatic N) is 1. The molecule has 0 radical (unpaired) electrons. The molecule has 21 heavy (non-hydrogen) atoms. The maximum absolute atomic E-state index is 6.44. The molecule has 2 aromatic rings. The van der Waals surface area contributed by atoms with Gasteiger partial charge in [-0.1, -0.05) is 24.6 Å². The largest absolute Gasteiger partial charge is 0.459 e. The highest BCUT2D eigenvalue weighted by Gasteiger charge is 2.35. The van der Waals surface area contributed by atoms with E-state index in [0.29, 0.717) is 0 Å². The van der Waals surface area contributed by atoms with Gasteiger partial charge in [0.2, 0.25) is 0 Å². The summed E-state index contributed by atoms with van der Waals surface area (Å²) in [4.78, 5) is 2.62. The van der Waals surface area contributed by atoms with E-state index >= 15 is 0 Å². The lowest BCUT2D eigenvalue weighted by Crippen LogP contribution is -2.45. The molecule has 112 valence electrons. The second kappa shape index (κ2) is 5.47. The first-order valence-electron chi connectivity index (χ1n) is 8.29. The monoisotopic (exact) mass is 284 g/mol. The van der Waals surface area contributed by atoms with Crippen LogP contribution in [0.1, 0.15) is 43.9 Å². The summed E-state index contributed by atoms with van der Waals surface area (Å²) in [6.07, 6.45) is 6.92. The van der Waals surface area contributed by atoms with Gasteiger partial charge in [-0.3, -0.25) is 4.90 Å². The van der Waals surface area contributed by atoms with E-state index in [1.54, 1.807) is 0 Å². The van der Waals surface area contributed by atoms with E-state index in [0.717, 1.165) is 35.2 Å². The third-order valence-electron chi connectivity index (χ3n) is 5.35. The molecule has 1 aromatic heterocycles. The Morgan fingerprint density at radius 2 is 2.05 bits per heavy atom. The molecule has 2 aliphatic rings. The summed E-state index contributed by atoms with van der Waals surface area (Å²) in [6.45, 7) is 2.14. The van der Waals surface area contributed by atoms with Gasteiger partial charge < -0.3 is 10.2 Å². The van der Waals surface area contributed by atoms with Gasteiger partial charge in [-0.05, 0) is 50.3 Å². The van der Waals surface area contributed by atoms with Crippen LogP contribution < -0.4 is 5.73 Å². The van der Waals surface area contributed by atoms with Gasteiger partial charge in [-0.15, -0.1) is 0 Å². The highest BCUT2D eigenvalue weighted by atomic mass is 16.3. The molecule has 1 aromatic carbocycles. The molecule has 4 rings (SSSR count). The standard InChI is InChI=1S/C18H24N2O/c19-15(18-11-14-5-1-2-9-17(14)21-18)12-20-10-4-7-13-6-3-8-16(13)20/h1-2,5,9,11,13,15-16H,3-4,6-8,10,12,19H2. The number of para-hydroxylation sites is 1. The number of piperidine rings is 1. The number of rotatable bonds is 3. The Morgan fingerprint density at radius 3 is 2.95 bits per heavy atom. The van der Waals surface area contributed by atoms with E-state index in [9.17, 15) is 0 Å². The predicted octanol–water partition coefficient (Wildman–Crippen LogP) is 3.70. The fraction of sp³-hybridized carbons (Fsp3) is 0.556. The fourth-order valence-electron chi connectivity index (χ4n) is 4.31. The summed E-state index contributed by atoms with van der Waals surface area (Å²) in [6, 6.07) is 11.0. The van der Waals surface area contributed by atoms with Crippen molar-refractivity contribution in [2.24, 2.45) is 11.7 Å². The Hall–Kier alpha value is -1.32. The lowest BCUT2D eigenvalue weighted by molar-refractivity contribution is 0.104. The van der Waals surface area contributed by atoms with E-state index in [1.807, 2.05) is 18.2 Å². The summed E-state index contributed by atoms with van der Waals surface area (Å²) in [5.74, 6) is 1.85. The van der Waals surface area contributed by atoms with Crippen molar-refractivity contribution < 1.29 is 4.42 Å². The third kappa shape index (κ3) is 2.49. The molecule has 0 bridgehead atoms. The number of hydrogen-bond donors (Lipinski definition) is 1. The molecular formula is C18H24N2O. The number of likely N-dealkylation sites (tertiary alicyclic amines) is 1. The Labute approximate surface area is 126 Å². The highest BCUT2D eigenvalue weighted by Crippen LogP contribution is 2.37. The lowest BCUT2D eigenvalue weighted by atomic mass is 9.91. The zero-order valence-electron chi connectivity index (χ0n) is 12.5. The van der Waals surface area contributed by atoms with Crippen molar-refractivity contribution in [3.63, 3.8) is 0 Å². The van der Waals surface area contributed by atoms with Gasteiger partial charge in [0.1, 0.15) is 11.3 Å². The maximum atomic E-state index is 6.44. The van der Waals surface area contributed by atoms with Crippen molar-refractivity contribution in [3.8, 4) is 0 Å². The molecule has 2 N–H and O–H groups in total. The zero-order chi connectivity index (χ0) is 14.2. The quantitative estimate of drug-likeness (QED) is 0.934. The molecule has 1 saturated carbocycles. The van der Waals surface area contributed by atoms with E-state index in [2.05, 4.69) is 17.0 Å². The van der Waals surface area contributed by atoms with Crippen molar-refractivity contribution >= 4 is 11.0 Å². The van der Waals surface area contributed by atoms with Crippen molar-refractivity contribution in [3.05, 3.63) is 36.1 Å².